The van der Waals surface area contributed by atoms with Gasteiger partial charge >= 0.3 is 0 Å². The lowest BCUT2D eigenvalue weighted by atomic mass is 10.1. The summed E-state index contributed by atoms with van der Waals surface area (Å²) in [6, 6.07) is 10.0. The van der Waals surface area contributed by atoms with Gasteiger partial charge in [0.25, 0.3) is 0 Å². The molecule has 2 rings (SSSR count). The van der Waals surface area contributed by atoms with Crippen LogP contribution in [-0.2, 0) is 19.7 Å². The standard InChI is InChI=1S/C15H18N2O2/c1-11-15(19)14(13(10-18)8-17-11)9-16-7-12-5-3-2-4-6-12/h2-6,8,16,18-19H,7,9-10H2,1H3. The second-order valence-corrected chi connectivity index (χ2v) is 4.44. The highest BCUT2D eigenvalue weighted by Crippen LogP contribution is 2.23. The number of aryl methyl sites for hydroxylation is 1. The summed E-state index contributed by atoms with van der Waals surface area (Å²) in [5.74, 6) is 0.159. The number of nitrogens with zero attached hydrogens (tertiary/aromatic N) is 1. The first-order chi connectivity index (χ1) is 9.22. The van der Waals surface area contributed by atoms with E-state index in [2.05, 4.69) is 10.3 Å². The maximum atomic E-state index is 9.99. The molecule has 2 aromatic rings. The van der Waals surface area contributed by atoms with Crippen LogP contribution >= 0.6 is 0 Å². The van der Waals surface area contributed by atoms with Crippen LogP contribution in [0.3, 0.4) is 0 Å². The molecule has 0 aliphatic rings. The van der Waals surface area contributed by atoms with Crippen LogP contribution < -0.4 is 5.32 Å². The molecule has 0 aliphatic carbocycles. The van der Waals surface area contributed by atoms with Gasteiger partial charge in [0.1, 0.15) is 5.75 Å². The van der Waals surface area contributed by atoms with E-state index in [1.165, 1.54) is 5.56 Å². The van der Waals surface area contributed by atoms with Crippen molar-refractivity contribution in [3.63, 3.8) is 0 Å². The Balaban J connectivity index is 2.05. The SMILES string of the molecule is Cc1ncc(CO)c(CNCc2ccccc2)c1O. The van der Waals surface area contributed by atoms with Gasteiger partial charge in [0.2, 0.25) is 0 Å². The highest BCUT2D eigenvalue weighted by atomic mass is 16.3. The van der Waals surface area contributed by atoms with E-state index in [9.17, 15) is 10.2 Å². The number of nitrogens with one attached hydrogen (secondary N) is 1. The Kier molecular flexibility index (Phi) is 4.49. The van der Waals surface area contributed by atoms with Crippen LogP contribution in [0.2, 0.25) is 0 Å². The van der Waals surface area contributed by atoms with Crippen LogP contribution in [0.4, 0.5) is 0 Å². The van der Waals surface area contributed by atoms with E-state index in [-0.39, 0.29) is 12.4 Å². The second kappa shape index (κ2) is 6.31. The molecule has 4 nitrogen and oxygen atoms in total. The van der Waals surface area contributed by atoms with Gasteiger partial charge in [-0.25, -0.2) is 0 Å². The molecule has 0 spiro atoms. The number of benzene rings is 1. The van der Waals surface area contributed by atoms with Crippen LogP contribution in [0.5, 0.6) is 5.75 Å². The third-order valence-corrected chi connectivity index (χ3v) is 3.07. The summed E-state index contributed by atoms with van der Waals surface area (Å²) >= 11 is 0. The van der Waals surface area contributed by atoms with Gasteiger partial charge in [-0.05, 0) is 12.5 Å². The van der Waals surface area contributed by atoms with Crippen LogP contribution in [-0.4, -0.2) is 15.2 Å². The Bertz CT molecular complexity index is 541. The number of pyridine rings is 1. The van der Waals surface area contributed by atoms with Gasteiger partial charge in [0, 0.05) is 30.4 Å². The van der Waals surface area contributed by atoms with Crippen molar-refractivity contribution in [1.29, 1.82) is 0 Å². The van der Waals surface area contributed by atoms with Gasteiger partial charge in [0.05, 0.1) is 12.3 Å². The molecule has 1 heterocycles. The van der Waals surface area contributed by atoms with Crippen molar-refractivity contribution in [3.8, 4) is 5.75 Å². The normalized spacial score (nSPS) is 10.6. The van der Waals surface area contributed by atoms with Crippen LogP contribution in [0.1, 0.15) is 22.4 Å². The van der Waals surface area contributed by atoms with Crippen LogP contribution in [0.15, 0.2) is 36.5 Å². The molecule has 0 saturated carbocycles. The molecular formula is C15H18N2O2. The summed E-state index contributed by atoms with van der Waals surface area (Å²) in [5, 5.41) is 22.5. The summed E-state index contributed by atoms with van der Waals surface area (Å²) in [6.07, 6.45) is 1.61. The maximum Gasteiger partial charge on any atom is 0.141 e. The van der Waals surface area contributed by atoms with E-state index in [1.54, 1.807) is 13.1 Å². The van der Waals surface area contributed by atoms with Crippen molar-refractivity contribution in [2.45, 2.75) is 26.6 Å². The molecule has 3 N–H and O–H groups in total. The van der Waals surface area contributed by atoms with Crippen molar-refractivity contribution >= 4 is 0 Å². The van der Waals surface area contributed by atoms with Crippen LogP contribution in [0.25, 0.3) is 0 Å². The highest BCUT2D eigenvalue weighted by Gasteiger charge is 2.10. The molecule has 0 amide bonds. The Hall–Kier alpha value is -1.91. The van der Waals surface area contributed by atoms with Crippen molar-refractivity contribution < 1.29 is 10.2 Å². The van der Waals surface area contributed by atoms with Crippen molar-refractivity contribution in [3.05, 3.63) is 58.9 Å². The largest absolute Gasteiger partial charge is 0.506 e. The molecule has 0 unspecified atom stereocenters. The van der Waals surface area contributed by atoms with Crippen molar-refractivity contribution in [1.82, 2.24) is 10.3 Å². The number of rotatable bonds is 5. The maximum absolute atomic E-state index is 9.99. The average Bonchev–Trinajstić information content (AvgIpc) is 2.45. The Morgan fingerprint density at radius 2 is 1.89 bits per heavy atom. The third kappa shape index (κ3) is 3.30. The number of aromatic hydroxyl groups is 1. The van der Waals surface area contributed by atoms with Gasteiger partial charge in [-0.1, -0.05) is 30.3 Å². The average molecular weight is 258 g/mol. The van der Waals surface area contributed by atoms with E-state index in [0.717, 1.165) is 0 Å². The van der Waals surface area contributed by atoms with Crippen LogP contribution in [0, 0.1) is 6.92 Å². The first kappa shape index (κ1) is 13.5. The lowest BCUT2D eigenvalue weighted by Crippen LogP contribution is -2.15. The zero-order valence-electron chi connectivity index (χ0n) is 10.9. The fraction of sp³-hybridized carbons (Fsp3) is 0.267. The van der Waals surface area contributed by atoms with E-state index in [1.807, 2.05) is 30.3 Å². The lowest BCUT2D eigenvalue weighted by molar-refractivity contribution is 0.278. The number of aliphatic hydroxyl groups is 1. The number of aromatic nitrogens is 1. The zero-order valence-corrected chi connectivity index (χ0v) is 10.9. The van der Waals surface area contributed by atoms with Crippen molar-refractivity contribution in [2.24, 2.45) is 0 Å². The van der Waals surface area contributed by atoms with E-state index >= 15 is 0 Å². The number of hydrogen-bond donors (Lipinski definition) is 3. The summed E-state index contributed by atoms with van der Waals surface area (Å²) in [7, 11) is 0. The second-order valence-electron chi connectivity index (χ2n) is 4.44. The predicted octanol–water partition coefficient (Wildman–Crippen LogP) is 1.88. The molecular weight excluding hydrogens is 240 g/mol. The summed E-state index contributed by atoms with van der Waals surface area (Å²) in [4.78, 5) is 4.04. The Morgan fingerprint density at radius 1 is 1.16 bits per heavy atom. The fourth-order valence-electron chi connectivity index (χ4n) is 1.95. The molecule has 19 heavy (non-hydrogen) atoms. The minimum Gasteiger partial charge on any atom is -0.506 e. The van der Waals surface area contributed by atoms with Gasteiger partial charge in [0.15, 0.2) is 0 Å². The number of aliphatic hydroxyl groups excluding tert-OH is 1. The molecule has 1 aromatic heterocycles. The first-order valence-electron chi connectivity index (χ1n) is 6.24. The summed E-state index contributed by atoms with van der Waals surface area (Å²) in [6.45, 7) is 2.84. The van der Waals surface area contributed by atoms with Gasteiger partial charge in [-0.3, -0.25) is 4.98 Å². The highest BCUT2D eigenvalue weighted by molar-refractivity contribution is 5.40. The molecule has 0 radical (unpaired) electrons. The summed E-state index contributed by atoms with van der Waals surface area (Å²) in [5.41, 5.74) is 3.13. The zero-order chi connectivity index (χ0) is 13.7. The minimum atomic E-state index is -0.122. The molecule has 0 aliphatic heterocycles. The summed E-state index contributed by atoms with van der Waals surface area (Å²) < 4.78 is 0. The fourth-order valence-corrected chi connectivity index (χ4v) is 1.95. The predicted molar refractivity (Wildman–Crippen MR) is 73.5 cm³/mol. The Morgan fingerprint density at radius 3 is 2.58 bits per heavy atom. The monoisotopic (exact) mass is 258 g/mol. The van der Waals surface area contributed by atoms with Gasteiger partial charge < -0.3 is 15.5 Å². The van der Waals surface area contributed by atoms with E-state index in [4.69, 9.17) is 0 Å². The molecule has 0 atom stereocenters. The smallest absolute Gasteiger partial charge is 0.141 e. The number of hydrogen-bond acceptors (Lipinski definition) is 4. The van der Waals surface area contributed by atoms with E-state index in [0.29, 0.717) is 29.9 Å². The topological polar surface area (TPSA) is 65.4 Å². The van der Waals surface area contributed by atoms with Gasteiger partial charge in [-0.2, -0.15) is 0 Å². The molecule has 0 fully saturated rings. The minimum absolute atomic E-state index is 0.122. The molecule has 0 saturated heterocycles. The van der Waals surface area contributed by atoms with Gasteiger partial charge in [-0.15, -0.1) is 0 Å². The molecule has 4 heteroatoms. The first-order valence-corrected chi connectivity index (χ1v) is 6.24. The van der Waals surface area contributed by atoms with E-state index < -0.39 is 0 Å². The third-order valence-electron chi connectivity index (χ3n) is 3.07. The molecule has 0 bridgehead atoms. The Labute approximate surface area is 112 Å². The molecule has 100 valence electrons. The lowest BCUT2D eigenvalue weighted by Gasteiger charge is -2.12. The quantitative estimate of drug-likeness (QED) is 0.766. The molecule has 1 aromatic carbocycles. The van der Waals surface area contributed by atoms with Crippen molar-refractivity contribution in [2.75, 3.05) is 0 Å².